The maximum absolute atomic E-state index is 12.9. The molecule has 2 aromatic rings. The Balaban J connectivity index is 0.000000233. The minimum Gasteiger partial charge on any atom is -0.381 e. The second-order valence-corrected chi connectivity index (χ2v) is 16.4. The molecule has 0 aliphatic heterocycles. The molecule has 6 rings (SSSR count). The molecule has 0 bridgehead atoms. The van der Waals surface area contributed by atoms with Crippen LogP contribution in [-0.4, -0.2) is 38.0 Å². The van der Waals surface area contributed by atoms with Gasteiger partial charge in [-0.05, 0) is 104 Å². The van der Waals surface area contributed by atoms with Crippen LogP contribution in [0.15, 0.2) is 46.6 Å². The summed E-state index contributed by atoms with van der Waals surface area (Å²) in [5, 5.41) is 0. The molecule has 0 N–H and O–H groups in total. The molecular weight excluding hydrogens is 729 g/mol. The molecule has 0 aromatic heterocycles. The topological polar surface area (TPSA) is 52.6 Å². The fraction of sp³-hybridized carbons (Fsp3) is 0.625. The molecule has 4 aliphatic rings. The van der Waals surface area contributed by atoms with E-state index in [0.717, 1.165) is 75.4 Å². The van der Waals surface area contributed by atoms with Crippen LogP contribution in [0.3, 0.4) is 0 Å². The van der Waals surface area contributed by atoms with Crippen LogP contribution in [-0.2, 0) is 71.0 Å². The van der Waals surface area contributed by atoms with Gasteiger partial charge in [0.15, 0.2) is 11.6 Å². The van der Waals surface area contributed by atoms with Gasteiger partial charge < -0.3 is 9.47 Å². The number of hydrogen-bond donors (Lipinski definition) is 0. The van der Waals surface area contributed by atoms with E-state index in [9.17, 15) is 9.59 Å². The van der Waals surface area contributed by atoms with Crippen molar-refractivity contribution in [2.75, 3.05) is 14.2 Å². The largest absolute Gasteiger partial charge is 0.381 e. The average Bonchev–Trinajstić information content (AvgIpc) is 3.62. The number of fused-ring (bicyclic) bond motifs is 4. The molecule has 0 heterocycles. The number of benzene rings is 2. The van der Waals surface area contributed by atoms with Gasteiger partial charge in [0.2, 0.25) is 0 Å². The molecule has 4 nitrogen and oxygen atoms in total. The van der Waals surface area contributed by atoms with Crippen molar-refractivity contribution in [2.45, 2.75) is 169 Å². The summed E-state index contributed by atoms with van der Waals surface area (Å²) in [6.45, 7) is 13.3. The third-order valence-corrected chi connectivity index (χ3v) is 13.0. The van der Waals surface area contributed by atoms with E-state index in [1.54, 1.807) is 0 Å². The summed E-state index contributed by atoms with van der Waals surface area (Å²) in [6, 6.07) is 12.1. The number of carbonyl (C=O) groups excluding carboxylic acids is 2. The van der Waals surface area contributed by atoms with E-state index in [4.69, 9.17) is 9.47 Å². The minimum atomic E-state index is 0. The fourth-order valence-corrected chi connectivity index (χ4v) is 9.96. The molecule has 4 aliphatic carbocycles. The summed E-state index contributed by atoms with van der Waals surface area (Å²) >= 11 is 0. The zero-order chi connectivity index (χ0) is 37.4. The molecule has 53 heavy (non-hydrogen) atoms. The van der Waals surface area contributed by atoms with E-state index < -0.39 is 0 Å². The van der Waals surface area contributed by atoms with Crippen molar-refractivity contribution in [3.63, 3.8) is 0 Å². The van der Waals surface area contributed by atoms with Gasteiger partial charge >= 0.3 is 0 Å². The average molecular weight is 797 g/mol. The van der Waals surface area contributed by atoms with Gasteiger partial charge in [0.05, 0.1) is 12.2 Å². The van der Waals surface area contributed by atoms with Gasteiger partial charge in [0, 0.05) is 59.8 Å². The van der Waals surface area contributed by atoms with Crippen LogP contribution in [0.5, 0.6) is 0 Å². The Morgan fingerprint density at radius 2 is 1.32 bits per heavy atom. The smallest absolute Gasteiger partial charge is 0.159 e. The van der Waals surface area contributed by atoms with Crippen molar-refractivity contribution in [3.05, 3.63) is 91.6 Å². The molecule has 5 heteroatoms. The maximum atomic E-state index is 12.9. The zero-order valence-corrected chi connectivity index (χ0v) is 37.3. The van der Waals surface area contributed by atoms with Crippen molar-refractivity contribution in [1.29, 1.82) is 0 Å². The second-order valence-electron chi connectivity index (χ2n) is 16.4. The van der Waals surface area contributed by atoms with Gasteiger partial charge in [0.25, 0.3) is 0 Å². The van der Waals surface area contributed by atoms with Gasteiger partial charge in [-0.3, -0.25) is 9.59 Å². The monoisotopic (exact) mass is 796 g/mol. The van der Waals surface area contributed by atoms with E-state index in [1.165, 1.54) is 88.6 Å². The van der Waals surface area contributed by atoms with Gasteiger partial charge in [0.1, 0.15) is 0 Å². The minimum absolute atomic E-state index is 0. The van der Waals surface area contributed by atoms with Crippen LogP contribution in [0.25, 0.3) is 0 Å². The first-order valence-electron chi connectivity index (χ1n) is 20.8. The van der Waals surface area contributed by atoms with E-state index >= 15 is 0 Å². The molecule has 0 spiro atoms. The molecule has 0 saturated carbocycles. The van der Waals surface area contributed by atoms with Crippen LogP contribution in [0.1, 0.15) is 156 Å². The summed E-state index contributed by atoms with van der Waals surface area (Å²) in [4.78, 5) is 25.5. The summed E-state index contributed by atoms with van der Waals surface area (Å²) in [5.41, 5.74) is 14.9. The van der Waals surface area contributed by atoms with Gasteiger partial charge in [-0.15, -0.1) is 11.1 Å². The van der Waals surface area contributed by atoms with Crippen LogP contribution in [0.2, 0.25) is 0 Å². The Bertz CT molecular complexity index is 1630. The zero-order valence-electron chi connectivity index (χ0n) is 34.4. The van der Waals surface area contributed by atoms with Crippen molar-refractivity contribution in [1.82, 2.24) is 0 Å². The molecule has 5 atom stereocenters. The predicted molar refractivity (Wildman–Crippen MR) is 214 cm³/mol. The molecule has 2 aromatic carbocycles. The predicted octanol–water partition coefficient (Wildman–Crippen LogP) is 11.4. The number of ether oxygens (including phenoxy) is 2. The van der Waals surface area contributed by atoms with Crippen molar-refractivity contribution >= 4 is 11.6 Å². The van der Waals surface area contributed by atoms with E-state index in [2.05, 4.69) is 71.9 Å². The van der Waals surface area contributed by atoms with E-state index in [0.29, 0.717) is 41.8 Å². The van der Waals surface area contributed by atoms with Crippen LogP contribution in [0, 0.1) is 38.7 Å². The number of methoxy groups -OCH3 is 2. The van der Waals surface area contributed by atoms with Gasteiger partial charge in [-0.2, -0.15) is 23.3 Å². The number of allylic oxidation sites excluding steroid dienone is 4. The number of unbranched alkanes of at least 4 members (excludes halogenated alkanes) is 4. The van der Waals surface area contributed by atoms with Crippen molar-refractivity contribution in [3.8, 4) is 0 Å². The fourth-order valence-electron chi connectivity index (χ4n) is 9.96. The first-order chi connectivity index (χ1) is 25.1. The normalized spacial score (nSPS) is 21.3. The Kier molecular flexibility index (Phi) is 17.4. The number of aryl methyl sites for hydroxylation is 3. The quantitative estimate of drug-likeness (QED) is 0.125. The Hall–Kier alpha value is -1.72. The number of hydrogen-bond acceptors (Lipinski definition) is 4. The molecule has 0 saturated heterocycles. The molecule has 287 valence electrons. The Morgan fingerprint density at radius 3 is 1.94 bits per heavy atom. The molecule has 1 radical (unpaired) electrons. The summed E-state index contributed by atoms with van der Waals surface area (Å²) in [6.07, 6.45) is 18.5. The summed E-state index contributed by atoms with van der Waals surface area (Å²) in [5.74, 6) is 2.00. The van der Waals surface area contributed by atoms with Crippen LogP contribution < -0.4 is 0 Å². The van der Waals surface area contributed by atoms with Gasteiger partial charge in [-0.1, -0.05) is 109 Å². The summed E-state index contributed by atoms with van der Waals surface area (Å²) in [7, 11) is 3.63. The molecule has 0 fully saturated rings. The number of Topliss-reactive ketones (excluding diaryl/α,β-unsaturated/α-hetero) is 2. The standard InChI is InChI=1S/C25H35O2.C23H32O2.Y/c1-6-7-8-9-20(27-5)12-13-21-23(26)15-19-14-22-16(2)10-11-17(3)24(22)18(4)25(19)21;1-4-5-6-10-19(25-3)11-12-20-22-13-17-9-7-8-16(2)21(17)14-18(22)15-23(20)24;/h11,18-20H,6-9,12-15H2,1-5H3;7-9,18-19H,4-6,10-15H2,1-3H3;/q-1;;/t18?,19?,20-;18?,19-;/m00./s1. The maximum Gasteiger partial charge on any atom is 0.159 e. The second kappa shape index (κ2) is 21.0. The molecule has 0 amide bonds. The first kappa shape index (κ1) is 44.0. The van der Waals surface area contributed by atoms with Crippen molar-refractivity contribution < 1.29 is 51.8 Å². The van der Waals surface area contributed by atoms with Gasteiger partial charge in [-0.25, -0.2) is 0 Å². The van der Waals surface area contributed by atoms with Crippen LogP contribution in [0.4, 0.5) is 0 Å². The summed E-state index contributed by atoms with van der Waals surface area (Å²) < 4.78 is 11.4. The number of ketones is 2. The Morgan fingerprint density at radius 1 is 0.736 bits per heavy atom. The van der Waals surface area contributed by atoms with Crippen LogP contribution >= 0.6 is 0 Å². The number of carbonyl (C=O) groups is 2. The van der Waals surface area contributed by atoms with E-state index in [1.807, 2.05) is 14.2 Å². The van der Waals surface area contributed by atoms with Crippen molar-refractivity contribution in [2.24, 2.45) is 11.8 Å². The first-order valence-corrected chi connectivity index (χ1v) is 20.8. The SMILES string of the molecule is CCCCC[C@@H](CCC1=C2C(CC1=O)Cc1c(C)[c-]cc(C)c1C2C)OC.CCCCC[C@@H](CCC1=C2Cc3cccc(C)c3CC2CC1=O)OC.[Y]. The Labute approximate surface area is 347 Å². The number of rotatable bonds is 16. The third kappa shape index (κ3) is 10.6. The third-order valence-electron chi connectivity index (χ3n) is 13.0. The molecule has 3 unspecified atom stereocenters. The van der Waals surface area contributed by atoms with E-state index in [-0.39, 0.29) is 38.8 Å². The molecular formula is C48H67O4Y-.